The van der Waals surface area contributed by atoms with E-state index in [1.165, 1.54) is 12.1 Å². The Morgan fingerprint density at radius 1 is 1.12 bits per heavy atom. The quantitative estimate of drug-likeness (QED) is 0.625. The summed E-state index contributed by atoms with van der Waals surface area (Å²) in [6.07, 6.45) is 0.328. The van der Waals surface area contributed by atoms with Crippen LogP contribution in [0.1, 0.15) is 24.5 Å². The molecule has 0 saturated carbocycles. The summed E-state index contributed by atoms with van der Waals surface area (Å²) < 4.78 is 37.1. The van der Waals surface area contributed by atoms with E-state index in [0.717, 1.165) is 35.3 Å². The molecule has 0 spiro atoms. The van der Waals surface area contributed by atoms with Crippen molar-refractivity contribution in [1.82, 2.24) is 0 Å². The van der Waals surface area contributed by atoms with Gasteiger partial charge in [-0.05, 0) is 48.3 Å². The van der Waals surface area contributed by atoms with E-state index < -0.39 is 11.7 Å². The van der Waals surface area contributed by atoms with Gasteiger partial charge in [0.05, 0.1) is 5.56 Å². The fourth-order valence-corrected chi connectivity index (χ4v) is 1.63. The second-order valence-corrected chi connectivity index (χ2v) is 4.01. The average molecular weight is 236 g/mol. The zero-order valence-corrected chi connectivity index (χ0v) is 9.31. The lowest BCUT2D eigenvalue weighted by Gasteiger charge is -2.09. The first-order valence-corrected chi connectivity index (χ1v) is 5.27. The zero-order chi connectivity index (χ0) is 12.5. The smallest absolute Gasteiger partial charge is 0.166 e. The Hall–Kier alpha value is -1.73. The van der Waals surface area contributed by atoms with Gasteiger partial charge in [0, 0.05) is 0 Å². The molecular weight excluding hydrogens is 225 g/mol. The van der Waals surface area contributed by atoms with Gasteiger partial charge in [-0.25, -0.2) is 0 Å². The Balaban J connectivity index is 2.29. The second kappa shape index (κ2) is 4.27. The number of allylic oxidation sites excluding steroid dienone is 3. The molecule has 3 heteroatoms. The number of halogens is 3. The molecule has 0 amide bonds. The van der Waals surface area contributed by atoms with Crippen LogP contribution in [0.2, 0.25) is 0 Å². The number of rotatable bonds is 1. The number of hydrogen-bond acceptors (Lipinski definition) is 0. The lowest BCUT2D eigenvalue weighted by Crippen LogP contribution is -2.04. The van der Waals surface area contributed by atoms with Gasteiger partial charge in [0.15, 0.2) is 0 Å². The summed E-state index contributed by atoms with van der Waals surface area (Å²) in [5.41, 5.74) is 5.30. The lowest BCUT2D eigenvalue weighted by molar-refractivity contribution is -0.137. The SMILES string of the molecule is CC1=C=CC(c2ccc(C(F)(F)F)cc2)=CC1. The van der Waals surface area contributed by atoms with Crippen molar-refractivity contribution in [3.8, 4) is 0 Å². The summed E-state index contributed by atoms with van der Waals surface area (Å²) in [6, 6.07) is 5.20. The van der Waals surface area contributed by atoms with E-state index in [-0.39, 0.29) is 0 Å². The molecule has 0 aliphatic heterocycles. The Labute approximate surface area is 97.8 Å². The predicted octanol–water partition coefficient (Wildman–Crippen LogP) is 4.59. The van der Waals surface area contributed by atoms with Crippen molar-refractivity contribution >= 4 is 5.57 Å². The van der Waals surface area contributed by atoms with Crippen molar-refractivity contribution in [1.29, 1.82) is 0 Å². The third-order valence-electron chi connectivity index (χ3n) is 2.65. The van der Waals surface area contributed by atoms with Gasteiger partial charge >= 0.3 is 6.18 Å². The fourth-order valence-electron chi connectivity index (χ4n) is 1.63. The predicted molar refractivity (Wildman–Crippen MR) is 61.3 cm³/mol. The molecule has 0 nitrogen and oxygen atoms in total. The van der Waals surface area contributed by atoms with E-state index in [1.807, 2.05) is 13.0 Å². The van der Waals surface area contributed by atoms with Gasteiger partial charge in [-0.3, -0.25) is 0 Å². The first kappa shape index (κ1) is 11.7. The highest BCUT2D eigenvalue weighted by Crippen LogP contribution is 2.30. The molecule has 0 aromatic heterocycles. The average Bonchev–Trinajstić information content (AvgIpc) is 2.29. The summed E-state index contributed by atoms with van der Waals surface area (Å²) in [7, 11) is 0. The maximum absolute atomic E-state index is 12.4. The maximum Gasteiger partial charge on any atom is 0.416 e. The van der Waals surface area contributed by atoms with E-state index in [9.17, 15) is 13.2 Å². The number of hydrogen-bond donors (Lipinski definition) is 0. The molecule has 1 aromatic carbocycles. The Kier molecular flexibility index (Phi) is 2.95. The fraction of sp³-hybridized carbons (Fsp3) is 0.214. The summed E-state index contributed by atoms with van der Waals surface area (Å²) in [5, 5.41) is 0. The molecule has 0 heterocycles. The molecule has 1 aliphatic carbocycles. The Bertz CT molecular complexity index is 509. The molecule has 1 aliphatic rings. The molecule has 0 N–H and O–H groups in total. The molecule has 2 rings (SSSR count). The highest BCUT2D eigenvalue weighted by atomic mass is 19.4. The summed E-state index contributed by atoms with van der Waals surface area (Å²) in [6.45, 7) is 1.97. The van der Waals surface area contributed by atoms with Gasteiger partial charge in [-0.2, -0.15) is 13.2 Å². The first-order valence-electron chi connectivity index (χ1n) is 5.27. The normalized spacial score (nSPS) is 15.5. The van der Waals surface area contributed by atoms with Crippen molar-refractivity contribution in [3.63, 3.8) is 0 Å². The molecule has 0 radical (unpaired) electrons. The van der Waals surface area contributed by atoms with Crippen LogP contribution < -0.4 is 0 Å². The van der Waals surface area contributed by atoms with Gasteiger partial charge in [-0.1, -0.05) is 18.2 Å². The summed E-state index contributed by atoms with van der Waals surface area (Å²) in [5.74, 6) is 0. The highest BCUT2D eigenvalue weighted by molar-refractivity contribution is 5.75. The van der Waals surface area contributed by atoms with Crippen LogP contribution in [0.25, 0.3) is 5.57 Å². The first-order chi connectivity index (χ1) is 7.97. The lowest BCUT2D eigenvalue weighted by atomic mass is 9.98. The van der Waals surface area contributed by atoms with Crippen molar-refractivity contribution in [3.05, 3.63) is 58.8 Å². The minimum absolute atomic E-state index is 0.617. The van der Waals surface area contributed by atoms with Crippen LogP contribution in [0.4, 0.5) is 13.2 Å². The molecule has 0 saturated heterocycles. The van der Waals surface area contributed by atoms with Crippen LogP contribution in [-0.2, 0) is 6.18 Å². The van der Waals surface area contributed by atoms with E-state index in [1.54, 1.807) is 6.08 Å². The van der Waals surface area contributed by atoms with Gasteiger partial charge in [0.1, 0.15) is 0 Å². The van der Waals surface area contributed by atoms with Crippen LogP contribution in [0.5, 0.6) is 0 Å². The highest BCUT2D eigenvalue weighted by Gasteiger charge is 2.29. The van der Waals surface area contributed by atoms with E-state index in [0.29, 0.717) is 0 Å². The van der Waals surface area contributed by atoms with Crippen molar-refractivity contribution in [2.75, 3.05) is 0 Å². The van der Waals surface area contributed by atoms with Crippen molar-refractivity contribution in [2.24, 2.45) is 0 Å². The monoisotopic (exact) mass is 236 g/mol. The Morgan fingerprint density at radius 2 is 1.76 bits per heavy atom. The summed E-state index contributed by atoms with van der Waals surface area (Å²) >= 11 is 0. The van der Waals surface area contributed by atoms with Gasteiger partial charge in [-0.15, -0.1) is 5.73 Å². The minimum atomic E-state index is -4.27. The molecule has 0 atom stereocenters. The molecule has 1 aromatic rings. The third kappa shape index (κ3) is 2.69. The van der Waals surface area contributed by atoms with Crippen LogP contribution in [0.3, 0.4) is 0 Å². The molecule has 17 heavy (non-hydrogen) atoms. The van der Waals surface area contributed by atoms with Gasteiger partial charge in [0.2, 0.25) is 0 Å². The Morgan fingerprint density at radius 3 is 2.24 bits per heavy atom. The summed E-state index contributed by atoms with van der Waals surface area (Å²) in [4.78, 5) is 0. The minimum Gasteiger partial charge on any atom is -0.166 e. The number of alkyl halides is 3. The van der Waals surface area contributed by atoms with Crippen LogP contribution >= 0.6 is 0 Å². The van der Waals surface area contributed by atoms with Crippen LogP contribution in [0.15, 0.2) is 47.7 Å². The van der Waals surface area contributed by atoms with Gasteiger partial charge in [0.25, 0.3) is 0 Å². The van der Waals surface area contributed by atoms with E-state index in [4.69, 9.17) is 0 Å². The molecule has 0 bridgehead atoms. The molecule has 0 unspecified atom stereocenters. The number of benzene rings is 1. The third-order valence-corrected chi connectivity index (χ3v) is 2.65. The largest absolute Gasteiger partial charge is 0.416 e. The maximum atomic E-state index is 12.4. The van der Waals surface area contributed by atoms with Crippen LogP contribution in [-0.4, -0.2) is 0 Å². The molecular formula is C14H11F3. The van der Waals surface area contributed by atoms with E-state index >= 15 is 0 Å². The topological polar surface area (TPSA) is 0 Å². The van der Waals surface area contributed by atoms with Crippen molar-refractivity contribution < 1.29 is 13.2 Å². The standard InChI is InChI=1S/C14H11F3/c1-10-2-4-11(5-3-10)12-6-8-13(9-7-12)14(15,16)17/h4-9H,2H2,1H3. The van der Waals surface area contributed by atoms with E-state index in [2.05, 4.69) is 5.73 Å². The van der Waals surface area contributed by atoms with Crippen LogP contribution in [0, 0.1) is 0 Å². The molecule has 88 valence electrons. The van der Waals surface area contributed by atoms with Crippen molar-refractivity contribution in [2.45, 2.75) is 19.5 Å². The molecule has 0 fully saturated rings. The van der Waals surface area contributed by atoms with Gasteiger partial charge < -0.3 is 0 Å². The second-order valence-electron chi connectivity index (χ2n) is 4.01. The zero-order valence-electron chi connectivity index (χ0n) is 9.31.